The number of hydrogen-bond acceptors (Lipinski definition) is 7. The zero-order valence-corrected chi connectivity index (χ0v) is 14.2. The summed E-state index contributed by atoms with van der Waals surface area (Å²) in [6.07, 6.45) is 0. The smallest absolute Gasteiger partial charge is 0.316 e. The van der Waals surface area contributed by atoms with Crippen molar-refractivity contribution in [3.05, 3.63) is 53.8 Å². The van der Waals surface area contributed by atoms with E-state index in [0.29, 0.717) is 17.0 Å². The molecule has 0 spiro atoms. The molecule has 0 bridgehead atoms. The fourth-order valence-electron chi connectivity index (χ4n) is 2.22. The Morgan fingerprint density at radius 2 is 2.15 bits per heavy atom. The van der Waals surface area contributed by atoms with Crippen molar-refractivity contribution in [2.24, 2.45) is 0 Å². The lowest BCUT2D eigenvalue weighted by Crippen LogP contribution is -2.21. The second-order valence-corrected chi connectivity index (χ2v) is 5.35. The highest BCUT2D eigenvalue weighted by Gasteiger charge is 2.12. The molecule has 0 atom stereocenters. The van der Waals surface area contributed by atoms with Crippen LogP contribution in [-0.2, 0) is 4.79 Å². The van der Waals surface area contributed by atoms with Crippen molar-refractivity contribution in [1.82, 2.24) is 10.2 Å². The standard InChI is InChI=1S/C18H14FN5O3/c1-26-14-4-2-3-13(8-14)22-16(25)10-21-18-24-23-17(27-18)11-5-6-15(19)12(7-11)9-20/h2-8H,10H2,1H3,(H,21,24)(H,22,25). The predicted molar refractivity (Wildman–Crippen MR) is 94.5 cm³/mol. The van der Waals surface area contributed by atoms with Gasteiger partial charge in [-0.15, -0.1) is 5.10 Å². The zero-order chi connectivity index (χ0) is 19.2. The average Bonchev–Trinajstić information content (AvgIpc) is 3.16. The largest absolute Gasteiger partial charge is 0.497 e. The van der Waals surface area contributed by atoms with Crippen LogP contribution in [0.5, 0.6) is 5.75 Å². The number of nitrogens with zero attached hydrogens (tertiary/aromatic N) is 3. The van der Waals surface area contributed by atoms with E-state index in [0.717, 1.165) is 6.07 Å². The number of benzene rings is 2. The van der Waals surface area contributed by atoms with Gasteiger partial charge in [0.15, 0.2) is 0 Å². The summed E-state index contributed by atoms with van der Waals surface area (Å²) in [4.78, 5) is 12.0. The van der Waals surface area contributed by atoms with Crippen molar-refractivity contribution in [3.8, 4) is 23.3 Å². The Morgan fingerprint density at radius 3 is 2.93 bits per heavy atom. The molecule has 1 amide bonds. The average molecular weight is 367 g/mol. The lowest BCUT2D eigenvalue weighted by atomic mass is 10.1. The van der Waals surface area contributed by atoms with E-state index in [4.69, 9.17) is 14.4 Å². The van der Waals surface area contributed by atoms with Crippen LogP contribution in [0.1, 0.15) is 5.56 Å². The molecule has 3 aromatic rings. The molecule has 8 nitrogen and oxygen atoms in total. The molecule has 0 aliphatic rings. The number of rotatable bonds is 6. The van der Waals surface area contributed by atoms with Crippen molar-refractivity contribution in [1.29, 1.82) is 5.26 Å². The van der Waals surface area contributed by atoms with Crippen LogP contribution in [0.15, 0.2) is 46.9 Å². The Kier molecular flexibility index (Phi) is 5.28. The van der Waals surface area contributed by atoms with Gasteiger partial charge >= 0.3 is 6.01 Å². The monoisotopic (exact) mass is 367 g/mol. The number of carbonyl (C=O) groups excluding carboxylic acids is 1. The van der Waals surface area contributed by atoms with Crippen LogP contribution >= 0.6 is 0 Å². The van der Waals surface area contributed by atoms with E-state index in [1.807, 2.05) is 0 Å². The van der Waals surface area contributed by atoms with Crippen molar-refractivity contribution in [2.45, 2.75) is 0 Å². The third-order valence-corrected chi connectivity index (χ3v) is 3.51. The first kappa shape index (κ1) is 17.9. The molecule has 0 saturated heterocycles. The fraction of sp³-hybridized carbons (Fsp3) is 0.111. The summed E-state index contributed by atoms with van der Waals surface area (Å²) in [6.45, 7) is -0.105. The summed E-state index contributed by atoms with van der Waals surface area (Å²) in [5, 5.41) is 21.9. The topological polar surface area (TPSA) is 113 Å². The highest BCUT2D eigenvalue weighted by Crippen LogP contribution is 2.22. The minimum Gasteiger partial charge on any atom is -0.497 e. The number of hydrogen-bond donors (Lipinski definition) is 2. The van der Waals surface area contributed by atoms with Crippen LogP contribution in [-0.4, -0.2) is 29.8 Å². The second kappa shape index (κ2) is 7.97. The molecule has 1 heterocycles. The second-order valence-electron chi connectivity index (χ2n) is 5.35. The number of ether oxygens (including phenoxy) is 1. The quantitative estimate of drug-likeness (QED) is 0.689. The van der Waals surface area contributed by atoms with Gasteiger partial charge in [0.2, 0.25) is 11.8 Å². The van der Waals surface area contributed by atoms with E-state index in [1.165, 1.54) is 19.2 Å². The van der Waals surface area contributed by atoms with Crippen molar-refractivity contribution in [2.75, 3.05) is 24.3 Å². The Labute approximate surface area is 153 Å². The van der Waals surface area contributed by atoms with Gasteiger partial charge in [0.05, 0.1) is 19.2 Å². The van der Waals surface area contributed by atoms with Gasteiger partial charge in [-0.25, -0.2) is 4.39 Å². The third kappa shape index (κ3) is 4.38. The predicted octanol–water partition coefficient (Wildman–Crippen LogP) is 2.81. The van der Waals surface area contributed by atoms with Gasteiger partial charge < -0.3 is 19.8 Å². The molecule has 9 heteroatoms. The van der Waals surface area contributed by atoms with Crippen molar-refractivity contribution in [3.63, 3.8) is 0 Å². The number of methoxy groups -OCH3 is 1. The van der Waals surface area contributed by atoms with Gasteiger partial charge in [-0.1, -0.05) is 11.2 Å². The summed E-state index contributed by atoms with van der Waals surface area (Å²) in [6, 6.07) is 12.6. The zero-order valence-electron chi connectivity index (χ0n) is 14.2. The maximum atomic E-state index is 13.4. The fourth-order valence-corrected chi connectivity index (χ4v) is 2.22. The van der Waals surface area contributed by atoms with Gasteiger partial charge in [0, 0.05) is 17.3 Å². The van der Waals surface area contributed by atoms with Gasteiger partial charge in [-0.3, -0.25) is 4.79 Å². The van der Waals surface area contributed by atoms with Crippen LogP contribution in [0.3, 0.4) is 0 Å². The highest BCUT2D eigenvalue weighted by atomic mass is 19.1. The summed E-state index contributed by atoms with van der Waals surface area (Å²) in [5.74, 6) is -0.231. The molecule has 136 valence electrons. The molecule has 0 fully saturated rings. The normalized spacial score (nSPS) is 10.1. The molecule has 27 heavy (non-hydrogen) atoms. The Balaban J connectivity index is 1.61. The van der Waals surface area contributed by atoms with Crippen LogP contribution in [0, 0.1) is 17.1 Å². The molecule has 2 aromatic carbocycles. The van der Waals surface area contributed by atoms with Crippen LogP contribution < -0.4 is 15.4 Å². The molecule has 0 unspecified atom stereocenters. The highest BCUT2D eigenvalue weighted by molar-refractivity contribution is 5.93. The van der Waals surface area contributed by atoms with E-state index in [9.17, 15) is 9.18 Å². The summed E-state index contributed by atoms with van der Waals surface area (Å²) < 4.78 is 23.8. The molecule has 0 saturated carbocycles. The SMILES string of the molecule is COc1cccc(NC(=O)CNc2nnc(-c3ccc(F)c(C#N)c3)o2)c1. The van der Waals surface area contributed by atoms with Crippen LogP contribution in [0.25, 0.3) is 11.5 Å². The minimum atomic E-state index is -0.631. The van der Waals surface area contributed by atoms with Crippen LogP contribution in [0.2, 0.25) is 0 Å². The lowest BCUT2D eigenvalue weighted by molar-refractivity contribution is -0.114. The number of amides is 1. The van der Waals surface area contributed by atoms with Crippen molar-refractivity contribution >= 4 is 17.6 Å². The molecule has 0 aliphatic carbocycles. The van der Waals surface area contributed by atoms with Crippen molar-refractivity contribution < 1.29 is 18.3 Å². The summed E-state index contributed by atoms with van der Waals surface area (Å²) in [5.41, 5.74) is 0.856. The van der Waals surface area contributed by atoms with Gasteiger partial charge in [0.1, 0.15) is 17.6 Å². The van der Waals surface area contributed by atoms with E-state index in [2.05, 4.69) is 20.8 Å². The molecule has 1 aromatic heterocycles. The summed E-state index contributed by atoms with van der Waals surface area (Å²) >= 11 is 0. The minimum absolute atomic E-state index is 0.0219. The first-order chi connectivity index (χ1) is 13.1. The third-order valence-electron chi connectivity index (χ3n) is 3.51. The van der Waals surface area contributed by atoms with Gasteiger partial charge in [0.25, 0.3) is 0 Å². The van der Waals surface area contributed by atoms with Gasteiger partial charge in [-0.2, -0.15) is 5.26 Å². The number of nitriles is 1. The Bertz CT molecular complexity index is 1010. The maximum Gasteiger partial charge on any atom is 0.316 e. The number of anilines is 2. The van der Waals surface area contributed by atoms with E-state index in [1.54, 1.807) is 30.3 Å². The molecule has 3 rings (SSSR count). The first-order valence-electron chi connectivity index (χ1n) is 7.80. The first-order valence-corrected chi connectivity index (χ1v) is 7.80. The number of nitrogens with one attached hydrogen (secondary N) is 2. The lowest BCUT2D eigenvalue weighted by Gasteiger charge is -2.06. The number of aromatic nitrogens is 2. The van der Waals surface area contributed by atoms with Crippen LogP contribution in [0.4, 0.5) is 16.1 Å². The molecule has 0 aliphatic heterocycles. The molecule has 0 radical (unpaired) electrons. The van der Waals surface area contributed by atoms with E-state index < -0.39 is 5.82 Å². The molecular formula is C18H14FN5O3. The Hall–Kier alpha value is -3.93. The number of carbonyl (C=O) groups is 1. The van der Waals surface area contributed by atoms with E-state index >= 15 is 0 Å². The van der Waals surface area contributed by atoms with Gasteiger partial charge in [-0.05, 0) is 30.3 Å². The molecular weight excluding hydrogens is 353 g/mol. The maximum absolute atomic E-state index is 13.4. The Morgan fingerprint density at radius 1 is 1.30 bits per heavy atom. The summed E-state index contributed by atoms with van der Waals surface area (Å²) in [7, 11) is 1.54. The van der Waals surface area contributed by atoms with E-state index in [-0.39, 0.29) is 29.9 Å². The molecule has 2 N–H and O–H groups in total. The number of halogens is 1.